The molecule has 4 nitrogen and oxygen atoms in total. The first kappa shape index (κ1) is 13.6. The maximum atomic E-state index is 9.61. The Morgan fingerprint density at radius 2 is 2.11 bits per heavy atom. The Morgan fingerprint density at radius 3 is 2.79 bits per heavy atom. The van der Waals surface area contributed by atoms with Gasteiger partial charge in [-0.2, -0.15) is 0 Å². The summed E-state index contributed by atoms with van der Waals surface area (Å²) < 4.78 is 0. The normalized spacial score (nSPS) is 12.8. The number of hydrogen-bond donors (Lipinski definition) is 3. The Labute approximate surface area is 113 Å². The third kappa shape index (κ3) is 3.35. The molecule has 4 N–H and O–H groups in total. The van der Waals surface area contributed by atoms with Gasteiger partial charge in [-0.15, -0.1) is 0 Å². The number of aromatic nitrogens is 1. The lowest BCUT2D eigenvalue weighted by Crippen LogP contribution is -2.30. The van der Waals surface area contributed by atoms with Gasteiger partial charge in [0.15, 0.2) is 0 Å². The first-order valence-corrected chi connectivity index (χ1v) is 6.64. The van der Waals surface area contributed by atoms with E-state index in [1.54, 1.807) is 18.3 Å². The lowest BCUT2D eigenvalue weighted by atomic mass is 10.0. The number of anilines is 1. The van der Waals surface area contributed by atoms with Gasteiger partial charge in [0.25, 0.3) is 0 Å². The molecule has 1 atom stereocenters. The average Bonchev–Trinajstić information content (AvgIpc) is 2.38. The van der Waals surface area contributed by atoms with Gasteiger partial charge in [-0.25, -0.2) is 4.98 Å². The van der Waals surface area contributed by atoms with Gasteiger partial charge in [0.1, 0.15) is 11.6 Å². The number of phenols is 1. The number of pyridine rings is 1. The molecule has 102 valence electrons. The highest BCUT2D eigenvalue weighted by atomic mass is 16.3. The lowest BCUT2D eigenvalue weighted by molar-refractivity contribution is 0.476. The summed E-state index contributed by atoms with van der Waals surface area (Å²) in [6.45, 7) is 4.91. The van der Waals surface area contributed by atoms with Gasteiger partial charge >= 0.3 is 0 Å². The van der Waals surface area contributed by atoms with Crippen molar-refractivity contribution in [1.29, 1.82) is 0 Å². The van der Waals surface area contributed by atoms with Gasteiger partial charge in [0.2, 0.25) is 0 Å². The third-order valence-corrected chi connectivity index (χ3v) is 3.13. The second kappa shape index (κ2) is 5.89. The summed E-state index contributed by atoms with van der Waals surface area (Å²) in [5, 5.41) is 15.0. The number of benzene rings is 1. The number of nitrogens with one attached hydrogen (secondary N) is 1. The third-order valence-electron chi connectivity index (χ3n) is 3.13. The van der Waals surface area contributed by atoms with E-state index >= 15 is 0 Å². The summed E-state index contributed by atoms with van der Waals surface area (Å²) in [6, 6.07) is 7.42. The molecule has 0 bridgehead atoms. The van der Waals surface area contributed by atoms with Gasteiger partial charge in [0, 0.05) is 24.2 Å². The molecule has 0 radical (unpaired) electrons. The average molecular weight is 259 g/mol. The Balaban J connectivity index is 2.31. The highest BCUT2D eigenvalue weighted by Gasteiger charge is 2.11. The van der Waals surface area contributed by atoms with Gasteiger partial charge in [-0.05, 0) is 35.9 Å². The molecule has 1 aromatic heterocycles. The summed E-state index contributed by atoms with van der Waals surface area (Å²) in [6.07, 6.45) is 2.76. The monoisotopic (exact) mass is 259 g/mol. The van der Waals surface area contributed by atoms with Crippen molar-refractivity contribution in [3.8, 4) is 5.75 Å². The van der Waals surface area contributed by atoms with Crippen LogP contribution in [0.4, 0.5) is 5.82 Å². The Bertz CT molecular complexity index is 554. The molecule has 0 saturated heterocycles. The van der Waals surface area contributed by atoms with E-state index in [-0.39, 0.29) is 11.8 Å². The van der Waals surface area contributed by atoms with Gasteiger partial charge in [-0.1, -0.05) is 19.9 Å². The first-order chi connectivity index (χ1) is 9.10. The molecule has 1 heterocycles. The fraction of sp³-hybridized carbons (Fsp3) is 0.400. The standard InChI is InChI=1S/C15H21N3O/c1-10(2)7-12(9-16)18-15-14-8-13(19)4-3-11(14)5-6-17-15/h3-6,8,10,12,19H,7,9,16H2,1-2H3,(H,17,18). The summed E-state index contributed by atoms with van der Waals surface area (Å²) in [5.74, 6) is 1.60. The maximum absolute atomic E-state index is 9.61. The van der Waals surface area contributed by atoms with Crippen molar-refractivity contribution in [2.45, 2.75) is 26.3 Å². The van der Waals surface area contributed by atoms with Gasteiger partial charge < -0.3 is 16.2 Å². The molecule has 0 fully saturated rings. The highest BCUT2D eigenvalue weighted by molar-refractivity contribution is 5.92. The first-order valence-electron chi connectivity index (χ1n) is 6.64. The molecule has 0 aliphatic carbocycles. The minimum absolute atomic E-state index is 0.195. The Kier molecular flexibility index (Phi) is 4.22. The summed E-state index contributed by atoms with van der Waals surface area (Å²) in [5.41, 5.74) is 5.80. The van der Waals surface area contributed by atoms with Crippen LogP contribution in [0.15, 0.2) is 30.5 Å². The smallest absolute Gasteiger partial charge is 0.134 e. The van der Waals surface area contributed by atoms with Crippen LogP contribution in [-0.2, 0) is 0 Å². The van der Waals surface area contributed by atoms with E-state index in [1.807, 2.05) is 12.1 Å². The molecule has 2 rings (SSSR count). The number of nitrogens with zero attached hydrogens (tertiary/aromatic N) is 1. The zero-order chi connectivity index (χ0) is 13.8. The SMILES string of the molecule is CC(C)CC(CN)Nc1nccc2ccc(O)cc12. The minimum Gasteiger partial charge on any atom is -0.508 e. The van der Waals surface area contributed by atoms with Crippen molar-refractivity contribution >= 4 is 16.6 Å². The second-order valence-electron chi connectivity index (χ2n) is 5.27. The lowest BCUT2D eigenvalue weighted by Gasteiger charge is -2.20. The van der Waals surface area contributed by atoms with Crippen LogP contribution < -0.4 is 11.1 Å². The quantitative estimate of drug-likeness (QED) is 0.772. The van der Waals surface area contributed by atoms with E-state index in [1.165, 1.54) is 0 Å². The highest BCUT2D eigenvalue weighted by Crippen LogP contribution is 2.26. The number of rotatable bonds is 5. The summed E-state index contributed by atoms with van der Waals surface area (Å²) in [4.78, 5) is 4.37. The molecule has 2 aromatic rings. The molecule has 0 aliphatic heterocycles. The van der Waals surface area contributed by atoms with E-state index in [4.69, 9.17) is 5.73 Å². The van der Waals surface area contributed by atoms with Crippen LogP contribution in [0.5, 0.6) is 5.75 Å². The second-order valence-corrected chi connectivity index (χ2v) is 5.27. The number of fused-ring (bicyclic) bond motifs is 1. The van der Waals surface area contributed by atoms with Crippen LogP contribution >= 0.6 is 0 Å². The van der Waals surface area contributed by atoms with Crippen LogP contribution in [0, 0.1) is 5.92 Å². The summed E-state index contributed by atoms with van der Waals surface area (Å²) in [7, 11) is 0. The van der Waals surface area contributed by atoms with Crippen LogP contribution in [0.1, 0.15) is 20.3 Å². The zero-order valence-corrected chi connectivity index (χ0v) is 11.4. The van der Waals surface area contributed by atoms with Crippen molar-refractivity contribution in [2.24, 2.45) is 11.7 Å². The van der Waals surface area contributed by atoms with Crippen LogP contribution in [0.2, 0.25) is 0 Å². The fourth-order valence-electron chi connectivity index (χ4n) is 2.25. The molecule has 0 spiro atoms. The molecular weight excluding hydrogens is 238 g/mol. The topological polar surface area (TPSA) is 71.2 Å². The number of hydrogen-bond acceptors (Lipinski definition) is 4. The van der Waals surface area contributed by atoms with Gasteiger partial charge in [-0.3, -0.25) is 0 Å². The fourth-order valence-corrected chi connectivity index (χ4v) is 2.25. The van der Waals surface area contributed by atoms with Crippen molar-refractivity contribution in [3.05, 3.63) is 30.5 Å². The number of nitrogens with two attached hydrogens (primary N) is 1. The predicted octanol–water partition coefficient (Wildman–Crippen LogP) is 2.73. The largest absolute Gasteiger partial charge is 0.508 e. The van der Waals surface area contributed by atoms with Crippen molar-refractivity contribution in [1.82, 2.24) is 4.98 Å². The Morgan fingerprint density at radius 1 is 1.32 bits per heavy atom. The molecule has 1 unspecified atom stereocenters. The van der Waals surface area contributed by atoms with E-state index in [2.05, 4.69) is 24.1 Å². The number of aromatic hydroxyl groups is 1. The van der Waals surface area contributed by atoms with Crippen molar-refractivity contribution in [2.75, 3.05) is 11.9 Å². The molecule has 0 aliphatic rings. The Hall–Kier alpha value is -1.81. The van der Waals surface area contributed by atoms with Crippen molar-refractivity contribution in [3.63, 3.8) is 0 Å². The van der Waals surface area contributed by atoms with E-state index in [0.29, 0.717) is 12.5 Å². The molecule has 19 heavy (non-hydrogen) atoms. The van der Waals surface area contributed by atoms with Crippen LogP contribution in [0.25, 0.3) is 10.8 Å². The van der Waals surface area contributed by atoms with E-state index < -0.39 is 0 Å². The van der Waals surface area contributed by atoms with E-state index in [9.17, 15) is 5.11 Å². The molecule has 4 heteroatoms. The van der Waals surface area contributed by atoms with Gasteiger partial charge in [0.05, 0.1) is 0 Å². The predicted molar refractivity (Wildman–Crippen MR) is 79.3 cm³/mol. The minimum atomic E-state index is 0.195. The van der Waals surface area contributed by atoms with Crippen molar-refractivity contribution < 1.29 is 5.11 Å². The van der Waals surface area contributed by atoms with E-state index in [0.717, 1.165) is 23.0 Å². The number of phenolic OH excluding ortho intramolecular Hbond substituents is 1. The molecule has 0 saturated carbocycles. The molecule has 0 amide bonds. The summed E-state index contributed by atoms with van der Waals surface area (Å²) >= 11 is 0. The zero-order valence-electron chi connectivity index (χ0n) is 11.4. The molecule has 1 aromatic carbocycles. The maximum Gasteiger partial charge on any atom is 0.134 e. The molecular formula is C15H21N3O. The van der Waals surface area contributed by atoms with Crippen LogP contribution in [-0.4, -0.2) is 22.7 Å². The van der Waals surface area contributed by atoms with Crippen LogP contribution in [0.3, 0.4) is 0 Å².